The van der Waals surface area contributed by atoms with Gasteiger partial charge in [0.05, 0.1) is 35.9 Å². The van der Waals surface area contributed by atoms with Gasteiger partial charge in [0.2, 0.25) is 5.91 Å². The summed E-state index contributed by atoms with van der Waals surface area (Å²) in [5, 5.41) is 8.21. The number of halogens is 3. The number of hydrogen-bond acceptors (Lipinski definition) is 3. The number of alkyl halides is 3. The average Bonchev–Trinajstić information content (AvgIpc) is 2.82. The molecule has 5 nitrogen and oxygen atoms in total. The molecule has 1 unspecified atom stereocenters. The summed E-state index contributed by atoms with van der Waals surface area (Å²) in [6.45, 7) is 1.45. The topological polar surface area (TPSA) is 70.2 Å². The highest BCUT2D eigenvalue weighted by molar-refractivity contribution is 5.97. The van der Waals surface area contributed by atoms with Crippen LogP contribution in [0.15, 0.2) is 36.4 Å². The van der Waals surface area contributed by atoms with Crippen molar-refractivity contribution in [2.45, 2.75) is 25.6 Å². The van der Waals surface area contributed by atoms with Gasteiger partial charge < -0.3 is 16.0 Å². The fourth-order valence-corrected chi connectivity index (χ4v) is 3.19. The molecule has 1 atom stereocenters. The molecule has 8 heteroatoms. The molecule has 1 heterocycles. The van der Waals surface area contributed by atoms with Crippen LogP contribution in [0.3, 0.4) is 0 Å². The zero-order chi connectivity index (χ0) is 21.2. The van der Waals surface area contributed by atoms with Gasteiger partial charge in [-0.1, -0.05) is 18.1 Å². The second-order valence-corrected chi connectivity index (χ2v) is 6.67. The maximum Gasteiger partial charge on any atom is 0.416 e. The van der Waals surface area contributed by atoms with E-state index in [1.54, 1.807) is 24.3 Å². The second kappa shape index (κ2) is 7.87. The standard InChI is InChI=1S/C21H18F3N3O2/c1-3-7-25-20(29)14-6-4-5-13(9-14)16-11-19(28)27-18-10-15(21(22,23)24)12(2)8-17(18)26-16/h1,4-6,8-10,16,26H,7,11H2,2H3,(H,25,29)(H,27,28). The van der Waals surface area contributed by atoms with Crippen molar-refractivity contribution >= 4 is 23.2 Å². The number of terminal acetylenes is 1. The first kappa shape index (κ1) is 20.3. The second-order valence-electron chi connectivity index (χ2n) is 6.67. The molecule has 2 aromatic rings. The van der Waals surface area contributed by atoms with Gasteiger partial charge in [0.1, 0.15) is 0 Å². The molecule has 0 aromatic heterocycles. The number of hydrogen-bond donors (Lipinski definition) is 3. The van der Waals surface area contributed by atoms with Crippen LogP contribution in [-0.4, -0.2) is 18.4 Å². The van der Waals surface area contributed by atoms with Gasteiger partial charge in [-0.15, -0.1) is 6.42 Å². The molecule has 29 heavy (non-hydrogen) atoms. The number of benzene rings is 2. The summed E-state index contributed by atoms with van der Waals surface area (Å²) in [6.07, 6.45) is 0.612. The van der Waals surface area contributed by atoms with Crippen molar-refractivity contribution in [3.05, 3.63) is 58.7 Å². The number of carbonyl (C=O) groups excluding carboxylic acids is 2. The van der Waals surface area contributed by atoms with Crippen LogP contribution in [-0.2, 0) is 11.0 Å². The van der Waals surface area contributed by atoms with Crippen molar-refractivity contribution in [1.82, 2.24) is 5.32 Å². The van der Waals surface area contributed by atoms with Crippen LogP contribution in [0.5, 0.6) is 0 Å². The first-order valence-corrected chi connectivity index (χ1v) is 8.79. The Morgan fingerprint density at radius 1 is 1.28 bits per heavy atom. The Kier molecular flexibility index (Phi) is 5.50. The van der Waals surface area contributed by atoms with Gasteiger partial charge in [0, 0.05) is 5.56 Å². The normalized spacial score (nSPS) is 16.0. The SMILES string of the molecule is C#CCNC(=O)c1cccc(C2CC(=O)Nc3cc(C(F)(F)F)c(C)cc3N2)c1. The minimum atomic E-state index is -4.52. The number of anilines is 2. The van der Waals surface area contributed by atoms with E-state index in [2.05, 4.69) is 21.9 Å². The third-order valence-corrected chi connectivity index (χ3v) is 4.57. The van der Waals surface area contributed by atoms with Crippen molar-refractivity contribution in [2.75, 3.05) is 17.2 Å². The maximum atomic E-state index is 13.2. The molecule has 0 saturated carbocycles. The van der Waals surface area contributed by atoms with Gasteiger partial charge in [0.15, 0.2) is 0 Å². The van der Waals surface area contributed by atoms with Gasteiger partial charge in [-0.3, -0.25) is 9.59 Å². The van der Waals surface area contributed by atoms with E-state index in [-0.39, 0.29) is 30.1 Å². The van der Waals surface area contributed by atoms with Crippen LogP contribution >= 0.6 is 0 Å². The van der Waals surface area contributed by atoms with Crippen molar-refractivity contribution in [3.63, 3.8) is 0 Å². The van der Waals surface area contributed by atoms with Crippen molar-refractivity contribution in [2.24, 2.45) is 0 Å². The van der Waals surface area contributed by atoms with E-state index in [0.29, 0.717) is 16.8 Å². The Morgan fingerprint density at radius 2 is 2.03 bits per heavy atom. The lowest BCUT2D eigenvalue weighted by Crippen LogP contribution is -2.24. The van der Waals surface area contributed by atoms with Crippen molar-refractivity contribution in [1.29, 1.82) is 0 Å². The molecular weight excluding hydrogens is 383 g/mol. The Balaban J connectivity index is 1.94. The summed E-state index contributed by atoms with van der Waals surface area (Å²) in [6, 6.07) is 8.42. The van der Waals surface area contributed by atoms with Crippen molar-refractivity contribution < 1.29 is 22.8 Å². The molecule has 0 aliphatic carbocycles. The quantitative estimate of drug-likeness (QED) is 0.684. The van der Waals surface area contributed by atoms with Gasteiger partial charge in [-0.05, 0) is 42.3 Å². The van der Waals surface area contributed by atoms with E-state index in [9.17, 15) is 22.8 Å². The van der Waals surface area contributed by atoms with E-state index < -0.39 is 23.7 Å². The Labute approximate surface area is 165 Å². The Hall–Kier alpha value is -3.47. The van der Waals surface area contributed by atoms with E-state index in [4.69, 9.17) is 6.42 Å². The summed E-state index contributed by atoms with van der Waals surface area (Å²) in [4.78, 5) is 24.4. The summed E-state index contributed by atoms with van der Waals surface area (Å²) >= 11 is 0. The number of nitrogens with one attached hydrogen (secondary N) is 3. The molecule has 1 aliphatic heterocycles. The highest BCUT2D eigenvalue weighted by Crippen LogP contribution is 2.39. The number of rotatable bonds is 3. The summed E-state index contributed by atoms with van der Waals surface area (Å²) in [5.41, 5.74) is 0.712. The summed E-state index contributed by atoms with van der Waals surface area (Å²) in [5.74, 6) is 1.53. The molecule has 150 valence electrons. The first-order chi connectivity index (χ1) is 13.7. The molecule has 0 saturated heterocycles. The molecular formula is C21H18F3N3O2. The number of amides is 2. The lowest BCUT2D eigenvalue weighted by atomic mass is 10.00. The molecule has 0 bridgehead atoms. The van der Waals surface area contributed by atoms with Crippen molar-refractivity contribution in [3.8, 4) is 12.3 Å². The smallest absolute Gasteiger partial charge is 0.376 e. The molecule has 2 aromatic carbocycles. The summed E-state index contributed by atoms with van der Waals surface area (Å²) < 4.78 is 39.6. The molecule has 1 aliphatic rings. The zero-order valence-corrected chi connectivity index (χ0v) is 15.5. The molecule has 2 amide bonds. The number of aryl methyl sites for hydroxylation is 1. The predicted octanol–water partition coefficient (Wildman–Crippen LogP) is 3.87. The third kappa shape index (κ3) is 4.51. The largest absolute Gasteiger partial charge is 0.416 e. The minimum Gasteiger partial charge on any atom is -0.376 e. The molecule has 3 rings (SSSR count). The lowest BCUT2D eigenvalue weighted by Gasteiger charge is -2.19. The predicted molar refractivity (Wildman–Crippen MR) is 103 cm³/mol. The Bertz CT molecular complexity index is 1010. The number of carbonyl (C=O) groups is 2. The first-order valence-electron chi connectivity index (χ1n) is 8.79. The molecule has 0 radical (unpaired) electrons. The highest BCUT2D eigenvalue weighted by atomic mass is 19.4. The van der Waals surface area contributed by atoms with E-state index >= 15 is 0 Å². The van der Waals surface area contributed by atoms with Crippen LogP contribution in [0.2, 0.25) is 0 Å². The van der Waals surface area contributed by atoms with E-state index in [1.807, 2.05) is 0 Å². The van der Waals surface area contributed by atoms with Crippen LogP contribution in [0.25, 0.3) is 0 Å². The van der Waals surface area contributed by atoms with Gasteiger partial charge >= 0.3 is 6.18 Å². The third-order valence-electron chi connectivity index (χ3n) is 4.57. The van der Waals surface area contributed by atoms with Crippen LogP contribution in [0.4, 0.5) is 24.5 Å². The fourth-order valence-electron chi connectivity index (χ4n) is 3.19. The van der Waals surface area contributed by atoms with Gasteiger partial charge in [-0.25, -0.2) is 0 Å². The summed E-state index contributed by atoms with van der Waals surface area (Å²) in [7, 11) is 0. The minimum absolute atomic E-state index is 0.00942. The van der Waals surface area contributed by atoms with Gasteiger partial charge in [0.25, 0.3) is 5.91 Å². The van der Waals surface area contributed by atoms with E-state index in [0.717, 1.165) is 6.07 Å². The van der Waals surface area contributed by atoms with Crippen LogP contribution in [0, 0.1) is 19.3 Å². The fraction of sp³-hybridized carbons (Fsp3) is 0.238. The molecule has 3 N–H and O–H groups in total. The average molecular weight is 401 g/mol. The Morgan fingerprint density at radius 3 is 2.72 bits per heavy atom. The highest BCUT2D eigenvalue weighted by Gasteiger charge is 2.34. The molecule has 0 spiro atoms. The maximum absolute atomic E-state index is 13.2. The zero-order valence-electron chi connectivity index (χ0n) is 15.5. The van der Waals surface area contributed by atoms with E-state index in [1.165, 1.54) is 13.0 Å². The molecule has 0 fully saturated rings. The monoisotopic (exact) mass is 401 g/mol. The number of fused-ring (bicyclic) bond motifs is 1. The van der Waals surface area contributed by atoms with Crippen LogP contribution < -0.4 is 16.0 Å². The van der Waals surface area contributed by atoms with Gasteiger partial charge in [-0.2, -0.15) is 13.2 Å². The lowest BCUT2D eigenvalue weighted by molar-refractivity contribution is -0.138. The van der Waals surface area contributed by atoms with Crippen LogP contribution in [0.1, 0.15) is 39.5 Å².